The number of aromatic nitrogens is 4. The second kappa shape index (κ2) is 11.6. The summed E-state index contributed by atoms with van der Waals surface area (Å²) >= 11 is 0. The number of nitrogens with two attached hydrogens (primary N) is 1. The Labute approximate surface area is 214 Å². The highest BCUT2D eigenvalue weighted by molar-refractivity contribution is 6.76. The number of pyridine rings is 1. The standard InChI is InChI=1S/C24H41N7O4Si/c1-24(2,3)35-23(33)29-18-9-7-8-17(21(18)32)28-19-12-20(26-13-16(19)25)22-27-14-31(30-22)15-34-10-11-36(4,5)6/h12-14,17-18,21,32H,7-11,15,25H2,1-6H3,(H,26,28)(H,29,33)/t17-,18+,21+/m0/s1. The number of nitrogens with one attached hydrogen (secondary N) is 2. The number of nitrogen functional groups attached to an aromatic ring is 1. The van der Waals surface area contributed by atoms with Crippen molar-refractivity contribution in [1.29, 1.82) is 0 Å². The Morgan fingerprint density at radius 1 is 1.25 bits per heavy atom. The first-order valence-corrected chi connectivity index (χ1v) is 16.2. The van der Waals surface area contributed by atoms with E-state index in [4.69, 9.17) is 15.2 Å². The highest BCUT2D eigenvalue weighted by Gasteiger charge is 2.34. The second-order valence-electron chi connectivity index (χ2n) is 11.5. The molecule has 0 aliphatic heterocycles. The molecule has 0 radical (unpaired) electrons. The largest absolute Gasteiger partial charge is 0.444 e. The summed E-state index contributed by atoms with van der Waals surface area (Å²) in [6.07, 6.45) is 4.04. The van der Waals surface area contributed by atoms with E-state index in [1.807, 2.05) is 0 Å². The number of carbonyl (C=O) groups excluding carboxylic acids is 1. The molecule has 36 heavy (non-hydrogen) atoms. The van der Waals surface area contributed by atoms with Crippen molar-refractivity contribution in [3.05, 3.63) is 18.6 Å². The number of aliphatic hydroxyl groups excluding tert-OH is 1. The molecule has 1 aliphatic carbocycles. The highest BCUT2D eigenvalue weighted by Crippen LogP contribution is 2.28. The number of anilines is 2. The molecule has 2 heterocycles. The van der Waals surface area contributed by atoms with E-state index >= 15 is 0 Å². The summed E-state index contributed by atoms with van der Waals surface area (Å²) in [6, 6.07) is 2.14. The molecule has 3 rings (SSSR count). The number of ether oxygens (including phenoxy) is 2. The van der Waals surface area contributed by atoms with Crippen LogP contribution < -0.4 is 16.4 Å². The van der Waals surface area contributed by atoms with Crippen molar-refractivity contribution in [3.8, 4) is 11.5 Å². The molecule has 0 bridgehead atoms. The Balaban J connectivity index is 1.62. The molecule has 11 nitrogen and oxygen atoms in total. The van der Waals surface area contributed by atoms with Crippen LogP contribution in [0.15, 0.2) is 18.6 Å². The number of amides is 1. The molecular formula is C24H41N7O4Si. The summed E-state index contributed by atoms with van der Waals surface area (Å²) in [5, 5.41) is 21.5. The number of rotatable bonds is 9. The van der Waals surface area contributed by atoms with Crippen LogP contribution in [0.1, 0.15) is 40.0 Å². The van der Waals surface area contributed by atoms with Crippen LogP contribution in [-0.2, 0) is 16.2 Å². The molecule has 200 valence electrons. The zero-order valence-electron chi connectivity index (χ0n) is 22.2. The average molecular weight is 520 g/mol. The SMILES string of the molecule is CC(C)(C)OC(=O)N[C@@H]1CCC[C@H](Nc2cc(-c3ncn(COCC[Si](C)(C)C)n3)ncc2N)[C@H]1O. The van der Waals surface area contributed by atoms with Crippen molar-refractivity contribution in [2.45, 2.75) is 96.2 Å². The Morgan fingerprint density at radius 3 is 2.67 bits per heavy atom. The van der Waals surface area contributed by atoms with E-state index in [0.717, 1.165) is 18.9 Å². The van der Waals surface area contributed by atoms with E-state index in [-0.39, 0.29) is 6.04 Å². The van der Waals surface area contributed by atoms with Gasteiger partial charge in [-0.2, -0.15) is 0 Å². The van der Waals surface area contributed by atoms with Crippen LogP contribution >= 0.6 is 0 Å². The third-order valence-electron chi connectivity index (χ3n) is 5.82. The van der Waals surface area contributed by atoms with Crippen LogP contribution in [0.5, 0.6) is 0 Å². The van der Waals surface area contributed by atoms with Crippen LogP contribution in [0.2, 0.25) is 25.7 Å². The van der Waals surface area contributed by atoms with Gasteiger partial charge in [0.15, 0.2) is 5.82 Å². The fraction of sp³-hybridized carbons (Fsp3) is 0.667. The van der Waals surface area contributed by atoms with E-state index in [1.165, 1.54) is 0 Å². The summed E-state index contributed by atoms with van der Waals surface area (Å²) < 4.78 is 12.7. The molecule has 5 N–H and O–H groups in total. The van der Waals surface area contributed by atoms with Gasteiger partial charge in [-0.15, -0.1) is 5.10 Å². The van der Waals surface area contributed by atoms with Crippen LogP contribution in [0, 0.1) is 0 Å². The topological polar surface area (TPSA) is 149 Å². The molecule has 3 atom stereocenters. The fourth-order valence-electron chi connectivity index (χ4n) is 3.88. The van der Waals surface area contributed by atoms with Gasteiger partial charge in [0, 0.05) is 14.7 Å². The lowest BCUT2D eigenvalue weighted by Crippen LogP contribution is -2.54. The Bertz CT molecular complexity index is 1020. The zero-order valence-corrected chi connectivity index (χ0v) is 23.2. The minimum atomic E-state index is -1.14. The quantitative estimate of drug-likeness (QED) is 0.288. The van der Waals surface area contributed by atoms with Gasteiger partial charge in [0.1, 0.15) is 24.4 Å². The van der Waals surface area contributed by atoms with Gasteiger partial charge in [-0.25, -0.2) is 14.5 Å². The molecular weight excluding hydrogens is 478 g/mol. The van der Waals surface area contributed by atoms with Crippen molar-refractivity contribution >= 4 is 25.5 Å². The lowest BCUT2D eigenvalue weighted by atomic mass is 9.88. The van der Waals surface area contributed by atoms with Gasteiger partial charge in [-0.1, -0.05) is 19.6 Å². The second-order valence-corrected chi connectivity index (χ2v) is 17.2. The normalized spacial score (nSPS) is 20.7. The first-order valence-electron chi connectivity index (χ1n) is 12.5. The number of nitrogens with zero attached hydrogens (tertiary/aromatic N) is 4. The Hall–Kier alpha value is -2.70. The monoisotopic (exact) mass is 519 g/mol. The van der Waals surface area contributed by atoms with Gasteiger partial charge in [0.2, 0.25) is 0 Å². The molecule has 1 amide bonds. The maximum atomic E-state index is 12.2. The van der Waals surface area contributed by atoms with E-state index in [2.05, 4.69) is 45.3 Å². The molecule has 2 aromatic rings. The molecule has 0 saturated heterocycles. The average Bonchev–Trinajstić information content (AvgIpc) is 3.22. The first kappa shape index (κ1) is 27.9. The molecule has 1 fully saturated rings. The van der Waals surface area contributed by atoms with Crippen molar-refractivity contribution < 1.29 is 19.4 Å². The number of alkyl carbamates (subject to hydrolysis) is 1. The Morgan fingerprint density at radius 2 is 1.97 bits per heavy atom. The minimum Gasteiger partial charge on any atom is -0.444 e. The van der Waals surface area contributed by atoms with E-state index < -0.39 is 31.9 Å². The van der Waals surface area contributed by atoms with Gasteiger partial charge in [-0.3, -0.25) is 4.98 Å². The molecule has 0 unspecified atom stereocenters. The number of hydrogen-bond donors (Lipinski definition) is 4. The van der Waals surface area contributed by atoms with Crippen LogP contribution in [-0.4, -0.2) is 69.4 Å². The predicted octanol–water partition coefficient (Wildman–Crippen LogP) is 3.45. The molecule has 12 heteroatoms. The van der Waals surface area contributed by atoms with Gasteiger partial charge in [0.05, 0.1) is 35.8 Å². The van der Waals surface area contributed by atoms with E-state index in [1.54, 1.807) is 44.0 Å². The summed E-state index contributed by atoms with van der Waals surface area (Å²) in [4.78, 5) is 20.9. The summed E-state index contributed by atoms with van der Waals surface area (Å²) in [7, 11) is -1.14. The summed E-state index contributed by atoms with van der Waals surface area (Å²) in [5.74, 6) is 0.459. The van der Waals surface area contributed by atoms with Gasteiger partial charge < -0.3 is 30.9 Å². The number of aliphatic hydroxyl groups is 1. The van der Waals surface area contributed by atoms with Crippen molar-refractivity contribution in [2.75, 3.05) is 17.7 Å². The van der Waals surface area contributed by atoms with Gasteiger partial charge in [0.25, 0.3) is 0 Å². The summed E-state index contributed by atoms with van der Waals surface area (Å²) in [5.41, 5.74) is 7.20. The lowest BCUT2D eigenvalue weighted by Gasteiger charge is -2.36. The minimum absolute atomic E-state index is 0.304. The smallest absolute Gasteiger partial charge is 0.407 e. The fourth-order valence-corrected chi connectivity index (χ4v) is 4.63. The first-order chi connectivity index (χ1) is 16.8. The van der Waals surface area contributed by atoms with Crippen molar-refractivity contribution in [3.63, 3.8) is 0 Å². The van der Waals surface area contributed by atoms with Crippen molar-refractivity contribution in [2.24, 2.45) is 0 Å². The predicted molar refractivity (Wildman–Crippen MR) is 142 cm³/mol. The van der Waals surface area contributed by atoms with Crippen LogP contribution in [0.3, 0.4) is 0 Å². The molecule has 2 aromatic heterocycles. The molecule has 1 saturated carbocycles. The van der Waals surface area contributed by atoms with E-state index in [9.17, 15) is 9.90 Å². The maximum Gasteiger partial charge on any atom is 0.407 e. The summed E-state index contributed by atoms with van der Waals surface area (Å²) in [6.45, 7) is 13.4. The third kappa shape index (κ3) is 8.45. The van der Waals surface area contributed by atoms with Crippen LogP contribution in [0.25, 0.3) is 11.5 Å². The zero-order chi connectivity index (χ0) is 26.5. The molecule has 1 aliphatic rings. The maximum absolute atomic E-state index is 12.2. The lowest BCUT2D eigenvalue weighted by molar-refractivity contribution is 0.0338. The van der Waals surface area contributed by atoms with E-state index in [0.29, 0.717) is 42.7 Å². The third-order valence-corrected chi connectivity index (χ3v) is 7.52. The van der Waals surface area contributed by atoms with Crippen molar-refractivity contribution in [1.82, 2.24) is 25.1 Å². The van der Waals surface area contributed by atoms with Crippen LogP contribution in [0.4, 0.5) is 16.2 Å². The molecule has 0 spiro atoms. The number of carbonyl (C=O) groups is 1. The highest BCUT2D eigenvalue weighted by atomic mass is 28.3. The van der Waals surface area contributed by atoms with Gasteiger partial charge >= 0.3 is 6.09 Å². The molecule has 0 aromatic carbocycles. The van der Waals surface area contributed by atoms with Gasteiger partial charge in [-0.05, 0) is 52.1 Å². The Kier molecular flexibility index (Phi) is 8.96. The number of hydrogen-bond acceptors (Lipinski definition) is 9.